The lowest BCUT2D eigenvalue weighted by molar-refractivity contribution is 0.300. The molecular formula is C12H24. The van der Waals surface area contributed by atoms with Gasteiger partial charge >= 0.3 is 0 Å². The zero-order valence-electron chi connectivity index (χ0n) is 9.30. The summed E-state index contributed by atoms with van der Waals surface area (Å²) in [5, 5.41) is 0. The predicted molar refractivity (Wildman–Crippen MR) is 55.1 cm³/mol. The fourth-order valence-corrected chi connectivity index (χ4v) is 2.76. The lowest BCUT2D eigenvalue weighted by Crippen LogP contribution is -2.12. The Hall–Kier alpha value is 0. The minimum absolute atomic E-state index is 0.892. The minimum atomic E-state index is 0.892. The van der Waals surface area contributed by atoms with Crippen molar-refractivity contribution in [3.63, 3.8) is 0 Å². The Bertz CT molecular complexity index is 135. The Morgan fingerprint density at radius 1 is 1.08 bits per heavy atom. The lowest BCUT2D eigenvalue weighted by atomic mass is 9.86. The molecule has 1 saturated carbocycles. The van der Waals surface area contributed by atoms with Crippen molar-refractivity contribution in [2.75, 3.05) is 0 Å². The average molecular weight is 168 g/mol. The molecule has 0 heteroatoms. The topological polar surface area (TPSA) is 0 Å². The second-order valence-corrected chi connectivity index (χ2v) is 5.12. The maximum atomic E-state index is 2.38. The van der Waals surface area contributed by atoms with Gasteiger partial charge in [0.2, 0.25) is 0 Å². The van der Waals surface area contributed by atoms with Crippen LogP contribution in [-0.2, 0) is 0 Å². The van der Waals surface area contributed by atoms with E-state index in [9.17, 15) is 0 Å². The van der Waals surface area contributed by atoms with Crippen molar-refractivity contribution >= 4 is 0 Å². The molecule has 0 saturated heterocycles. The van der Waals surface area contributed by atoms with E-state index >= 15 is 0 Å². The summed E-state index contributed by atoms with van der Waals surface area (Å²) in [6.45, 7) is 11.9. The SMILES string of the molecule is CCC(C(C)C)C1CC1C(C)C. The third kappa shape index (κ3) is 2.02. The standard InChI is InChI=1S/C12H24/c1-6-10(8(2)3)12-7-11(12)9(4)5/h8-12H,6-7H2,1-5H3. The smallest absolute Gasteiger partial charge is 0.0350 e. The first-order valence-corrected chi connectivity index (χ1v) is 5.57. The summed E-state index contributed by atoms with van der Waals surface area (Å²) in [7, 11) is 0. The van der Waals surface area contributed by atoms with Gasteiger partial charge in [-0.1, -0.05) is 41.0 Å². The Labute approximate surface area is 77.7 Å². The van der Waals surface area contributed by atoms with Gasteiger partial charge in [-0.25, -0.2) is 0 Å². The first-order chi connectivity index (χ1) is 5.57. The lowest BCUT2D eigenvalue weighted by Gasteiger charge is -2.19. The van der Waals surface area contributed by atoms with Crippen molar-refractivity contribution in [3.8, 4) is 0 Å². The largest absolute Gasteiger partial charge is 0.0651 e. The maximum Gasteiger partial charge on any atom is -0.0350 e. The van der Waals surface area contributed by atoms with Gasteiger partial charge in [-0.2, -0.15) is 0 Å². The van der Waals surface area contributed by atoms with Gasteiger partial charge in [0.1, 0.15) is 0 Å². The quantitative estimate of drug-likeness (QED) is 0.596. The summed E-state index contributed by atoms with van der Waals surface area (Å²) in [4.78, 5) is 0. The van der Waals surface area contributed by atoms with Crippen LogP contribution in [-0.4, -0.2) is 0 Å². The average Bonchev–Trinajstić information content (AvgIpc) is 2.68. The monoisotopic (exact) mass is 168 g/mol. The number of hydrogen-bond donors (Lipinski definition) is 0. The summed E-state index contributed by atoms with van der Waals surface area (Å²) in [6.07, 6.45) is 2.89. The molecule has 1 rings (SSSR count). The highest BCUT2D eigenvalue weighted by molar-refractivity contribution is 4.93. The van der Waals surface area contributed by atoms with Crippen LogP contribution in [0.2, 0.25) is 0 Å². The highest BCUT2D eigenvalue weighted by atomic mass is 14.5. The first-order valence-electron chi connectivity index (χ1n) is 5.57. The molecule has 0 heterocycles. The molecule has 1 fully saturated rings. The van der Waals surface area contributed by atoms with Crippen molar-refractivity contribution in [2.45, 2.75) is 47.5 Å². The first kappa shape index (κ1) is 10.1. The van der Waals surface area contributed by atoms with E-state index in [-0.39, 0.29) is 0 Å². The zero-order valence-corrected chi connectivity index (χ0v) is 9.30. The molecule has 0 aromatic heterocycles. The van der Waals surface area contributed by atoms with E-state index in [2.05, 4.69) is 34.6 Å². The van der Waals surface area contributed by atoms with E-state index in [4.69, 9.17) is 0 Å². The van der Waals surface area contributed by atoms with Crippen molar-refractivity contribution in [2.24, 2.45) is 29.6 Å². The van der Waals surface area contributed by atoms with Gasteiger partial charge in [0.25, 0.3) is 0 Å². The van der Waals surface area contributed by atoms with E-state index in [0.717, 1.165) is 29.6 Å². The van der Waals surface area contributed by atoms with Crippen LogP contribution in [0.4, 0.5) is 0 Å². The van der Waals surface area contributed by atoms with Crippen molar-refractivity contribution in [3.05, 3.63) is 0 Å². The van der Waals surface area contributed by atoms with E-state index < -0.39 is 0 Å². The molecule has 3 unspecified atom stereocenters. The van der Waals surface area contributed by atoms with Gasteiger partial charge in [0.05, 0.1) is 0 Å². The van der Waals surface area contributed by atoms with Crippen LogP contribution in [0.3, 0.4) is 0 Å². The summed E-state index contributed by atoms with van der Waals surface area (Å²) in [5.74, 6) is 4.93. The molecule has 0 aromatic carbocycles. The summed E-state index contributed by atoms with van der Waals surface area (Å²) in [5.41, 5.74) is 0. The molecule has 0 aliphatic heterocycles. The molecular weight excluding hydrogens is 144 g/mol. The van der Waals surface area contributed by atoms with E-state index in [0.29, 0.717) is 0 Å². The van der Waals surface area contributed by atoms with Crippen molar-refractivity contribution in [1.29, 1.82) is 0 Å². The molecule has 0 amide bonds. The number of hydrogen-bond acceptors (Lipinski definition) is 0. The molecule has 12 heavy (non-hydrogen) atoms. The molecule has 0 radical (unpaired) electrons. The highest BCUT2D eigenvalue weighted by Gasteiger charge is 2.44. The molecule has 1 aliphatic carbocycles. The van der Waals surface area contributed by atoms with Crippen LogP contribution < -0.4 is 0 Å². The number of rotatable bonds is 4. The third-order valence-electron chi connectivity index (χ3n) is 3.63. The Morgan fingerprint density at radius 2 is 1.67 bits per heavy atom. The maximum absolute atomic E-state index is 2.38. The molecule has 1 aliphatic rings. The summed E-state index contributed by atoms with van der Waals surface area (Å²) < 4.78 is 0. The Balaban J connectivity index is 2.39. The van der Waals surface area contributed by atoms with Gasteiger partial charge in [-0.05, 0) is 36.0 Å². The second-order valence-electron chi connectivity index (χ2n) is 5.12. The molecule has 3 atom stereocenters. The molecule has 0 N–H and O–H groups in total. The Morgan fingerprint density at radius 3 is 1.92 bits per heavy atom. The van der Waals surface area contributed by atoms with Crippen LogP contribution in [0.1, 0.15) is 47.5 Å². The molecule has 0 bridgehead atoms. The van der Waals surface area contributed by atoms with Gasteiger partial charge in [-0.3, -0.25) is 0 Å². The van der Waals surface area contributed by atoms with E-state index in [1.807, 2.05) is 0 Å². The van der Waals surface area contributed by atoms with Crippen LogP contribution in [0, 0.1) is 29.6 Å². The van der Waals surface area contributed by atoms with E-state index in [1.165, 1.54) is 12.8 Å². The fraction of sp³-hybridized carbons (Fsp3) is 1.00. The third-order valence-corrected chi connectivity index (χ3v) is 3.63. The van der Waals surface area contributed by atoms with Crippen molar-refractivity contribution in [1.82, 2.24) is 0 Å². The van der Waals surface area contributed by atoms with Gasteiger partial charge in [0, 0.05) is 0 Å². The Kier molecular flexibility index (Phi) is 3.20. The minimum Gasteiger partial charge on any atom is -0.0651 e. The molecule has 0 spiro atoms. The molecule has 72 valence electrons. The summed E-state index contributed by atoms with van der Waals surface area (Å²) >= 11 is 0. The zero-order chi connectivity index (χ0) is 9.30. The molecule has 0 nitrogen and oxygen atoms in total. The van der Waals surface area contributed by atoms with Gasteiger partial charge < -0.3 is 0 Å². The van der Waals surface area contributed by atoms with Crippen LogP contribution in [0.15, 0.2) is 0 Å². The van der Waals surface area contributed by atoms with Crippen LogP contribution in [0.25, 0.3) is 0 Å². The summed E-state index contributed by atoms with van der Waals surface area (Å²) in [6, 6.07) is 0. The van der Waals surface area contributed by atoms with Gasteiger partial charge in [0.15, 0.2) is 0 Å². The fourth-order valence-electron chi connectivity index (χ4n) is 2.76. The van der Waals surface area contributed by atoms with Gasteiger partial charge in [-0.15, -0.1) is 0 Å². The van der Waals surface area contributed by atoms with Crippen LogP contribution >= 0.6 is 0 Å². The highest BCUT2D eigenvalue weighted by Crippen LogP contribution is 2.51. The predicted octanol–water partition coefficient (Wildman–Crippen LogP) is 3.96. The van der Waals surface area contributed by atoms with Crippen molar-refractivity contribution < 1.29 is 0 Å². The van der Waals surface area contributed by atoms with Crippen LogP contribution in [0.5, 0.6) is 0 Å². The normalized spacial score (nSPS) is 31.2. The second kappa shape index (κ2) is 3.81. The van der Waals surface area contributed by atoms with E-state index in [1.54, 1.807) is 0 Å². The molecule has 0 aromatic rings.